The van der Waals surface area contributed by atoms with Crippen molar-refractivity contribution in [2.24, 2.45) is 0 Å². The Kier molecular flexibility index (Phi) is 5.32. The number of carbonyl (C=O) groups is 2. The van der Waals surface area contributed by atoms with Crippen LogP contribution in [0, 0.1) is 0 Å². The Bertz CT molecular complexity index is 1010. The molecular formula is C21H20ClN3O3. The van der Waals surface area contributed by atoms with E-state index in [9.17, 15) is 9.59 Å². The van der Waals surface area contributed by atoms with Gasteiger partial charge in [0.2, 0.25) is 0 Å². The summed E-state index contributed by atoms with van der Waals surface area (Å²) >= 11 is 5.97. The Hall–Kier alpha value is -2.83. The van der Waals surface area contributed by atoms with Crippen molar-refractivity contribution in [3.8, 4) is 5.75 Å². The average Bonchev–Trinajstić information content (AvgIpc) is 3.16. The van der Waals surface area contributed by atoms with E-state index in [1.165, 1.54) is 0 Å². The molecule has 3 aromatic rings. The Morgan fingerprint density at radius 1 is 1.04 bits per heavy atom. The summed E-state index contributed by atoms with van der Waals surface area (Å²) in [6.45, 7) is 2.57. The van der Waals surface area contributed by atoms with Gasteiger partial charge in [0.25, 0.3) is 5.91 Å². The van der Waals surface area contributed by atoms with Crippen LogP contribution in [0.1, 0.15) is 10.4 Å². The summed E-state index contributed by atoms with van der Waals surface area (Å²) in [6, 6.07) is 14.4. The summed E-state index contributed by atoms with van der Waals surface area (Å²) in [5.74, 6) is 0.195. The van der Waals surface area contributed by atoms with Crippen LogP contribution in [-0.2, 0) is 4.79 Å². The van der Waals surface area contributed by atoms with Gasteiger partial charge < -0.3 is 14.6 Å². The van der Waals surface area contributed by atoms with Gasteiger partial charge in [-0.25, -0.2) is 0 Å². The normalized spacial score (nSPS) is 15.0. The zero-order chi connectivity index (χ0) is 19.5. The zero-order valence-electron chi connectivity index (χ0n) is 15.2. The van der Waals surface area contributed by atoms with Crippen LogP contribution in [0.2, 0.25) is 5.02 Å². The Morgan fingerprint density at radius 3 is 2.64 bits per heavy atom. The van der Waals surface area contributed by atoms with Crippen LogP contribution < -0.4 is 4.74 Å². The number of amides is 1. The summed E-state index contributed by atoms with van der Waals surface area (Å²) in [6.07, 6.45) is 1.85. The molecule has 1 amide bonds. The van der Waals surface area contributed by atoms with E-state index < -0.39 is 0 Å². The second kappa shape index (κ2) is 8.04. The zero-order valence-corrected chi connectivity index (χ0v) is 16.0. The van der Waals surface area contributed by atoms with Crippen molar-refractivity contribution >= 4 is 34.4 Å². The summed E-state index contributed by atoms with van der Waals surface area (Å²) in [5.41, 5.74) is 1.58. The summed E-state index contributed by atoms with van der Waals surface area (Å²) < 4.78 is 5.46. The van der Waals surface area contributed by atoms with E-state index in [0.29, 0.717) is 42.5 Å². The number of hydrogen-bond acceptors (Lipinski definition) is 4. The third-order valence-corrected chi connectivity index (χ3v) is 5.08. The third kappa shape index (κ3) is 4.18. The molecule has 2 aromatic carbocycles. The SMILES string of the molecule is O=C(CN1CCN(C(=O)c2cccc(Cl)c2)CC1)Oc1ccc2[nH]ccc2c1. The van der Waals surface area contributed by atoms with Crippen molar-refractivity contribution < 1.29 is 14.3 Å². The van der Waals surface area contributed by atoms with E-state index in [2.05, 4.69) is 4.98 Å². The second-order valence-electron chi connectivity index (χ2n) is 6.78. The van der Waals surface area contributed by atoms with Crippen LogP contribution in [0.5, 0.6) is 5.75 Å². The number of fused-ring (bicyclic) bond motifs is 1. The smallest absolute Gasteiger partial charge is 0.325 e. The number of esters is 1. The maximum atomic E-state index is 12.6. The van der Waals surface area contributed by atoms with Crippen molar-refractivity contribution in [2.45, 2.75) is 0 Å². The molecule has 0 radical (unpaired) electrons. The van der Waals surface area contributed by atoms with E-state index >= 15 is 0 Å². The van der Waals surface area contributed by atoms with Crippen LogP contribution in [-0.4, -0.2) is 59.4 Å². The lowest BCUT2D eigenvalue weighted by atomic mass is 10.2. The molecule has 0 bridgehead atoms. The van der Waals surface area contributed by atoms with Crippen molar-refractivity contribution in [3.05, 3.63) is 65.3 Å². The van der Waals surface area contributed by atoms with Gasteiger partial charge in [0, 0.05) is 53.9 Å². The highest BCUT2D eigenvalue weighted by atomic mass is 35.5. The molecule has 0 saturated carbocycles. The number of carbonyl (C=O) groups excluding carboxylic acids is 2. The summed E-state index contributed by atoms with van der Waals surface area (Å²) in [5, 5.41) is 1.54. The van der Waals surface area contributed by atoms with Gasteiger partial charge in [-0.3, -0.25) is 14.5 Å². The number of H-pyrrole nitrogens is 1. The summed E-state index contributed by atoms with van der Waals surface area (Å²) in [4.78, 5) is 31.7. The minimum absolute atomic E-state index is 0.0375. The average molecular weight is 398 g/mol. The molecule has 0 unspecified atom stereocenters. The molecule has 28 heavy (non-hydrogen) atoms. The van der Waals surface area contributed by atoms with Crippen molar-refractivity contribution in [2.75, 3.05) is 32.7 Å². The van der Waals surface area contributed by atoms with Gasteiger partial charge in [-0.2, -0.15) is 0 Å². The second-order valence-corrected chi connectivity index (χ2v) is 7.22. The minimum Gasteiger partial charge on any atom is -0.426 e. The first-order valence-corrected chi connectivity index (χ1v) is 9.51. The number of hydrogen-bond donors (Lipinski definition) is 1. The molecule has 4 rings (SSSR count). The number of ether oxygens (including phenoxy) is 1. The quantitative estimate of drug-likeness (QED) is 0.542. The van der Waals surface area contributed by atoms with E-state index in [4.69, 9.17) is 16.3 Å². The predicted octanol–water partition coefficient (Wildman–Crippen LogP) is 3.18. The van der Waals surface area contributed by atoms with Gasteiger partial charge in [0.05, 0.1) is 6.54 Å². The third-order valence-electron chi connectivity index (χ3n) is 4.84. The number of benzene rings is 2. The fourth-order valence-corrected chi connectivity index (χ4v) is 3.54. The minimum atomic E-state index is -0.301. The monoisotopic (exact) mass is 397 g/mol. The maximum Gasteiger partial charge on any atom is 0.325 e. The molecule has 1 fully saturated rings. The maximum absolute atomic E-state index is 12.6. The van der Waals surface area contributed by atoms with Gasteiger partial charge in [-0.05, 0) is 42.5 Å². The molecule has 0 atom stereocenters. The molecule has 0 aliphatic carbocycles. The number of nitrogens with zero attached hydrogens (tertiary/aromatic N) is 2. The van der Waals surface area contributed by atoms with Gasteiger partial charge in [-0.1, -0.05) is 17.7 Å². The Balaban J connectivity index is 1.29. The highest BCUT2D eigenvalue weighted by Crippen LogP contribution is 2.20. The standard InChI is InChI=1S/C21H20ClN3O3/c22-17-3-1-2-16(12-17)21(27)25-10-8-24(9-11-25)14-20(26)28-18-4-5-19-15(13-18)6-7-23-19/h1-7,12-13,23H,8-11,14H2. The molecule has 1 aromatic heterocycles. The van der Waals surface area contributed by atoms with Crippen LogP contribution in [0.4, 0.5) is 0 Å². The van der Waals surface area contributed by atoms with Crippen LogP contribution in [0.3, 0.4) is 0 Å². The lowest BCUT2D eigenvalue weighted by molar-refractivity contribution is -0.136. The molecule has 6 nitrogen and oxygen atoms in total. The van der Waals surface area contributed by atoms with Crippen molar-refractivity contribution in [1.29, 1.82) is 0 Å². The fraction of sp³-hybridized carbons (Fsp3) is 0.238. The number of nitrogens with one attached hydrogen (secondary N) is 1. The van der Waals surface area contributed by atoms with Crippen LogP contribution >= 0.6 is 11.6 Å². The molecule has 2 heterocycles. The van der Waals surface area contributed by atoms with Gasteiger partial charge in [0.1, 0.15) is 5.75 Å². The fourth-order valence-electron chi connectivity index (χ4n) is 3.35. The molecule has 7 heteroatoms. The lowest BCUT2D eigenvalue weighted by Crippen LogP contribution is -2.50. The largest absolute Gasteiger partial charge is 0.426 e. The van der Waals surface area contributed by atoms with Crippen LogP contribution in [0.15, 0.2) is 54.7 Å². The van der Waals surface area contributed by atoms with Crippen LogP contribution in [0.25, 0.3) is 10.9 Å². The Morgan fingerprint density at radius 2 is 1.86 bits per heavy atom. The van der Waals surface area contributed by atoms with Gasteiger partial charge in [-0.15, -0.1) is 0 Å². The van der Waals surface area contributed by atoms with Crippen molar-refractivity contribution in [3.63, 3.8) is 0 Å². The highest BCUT2D eigenvalue weighted by Gasteiger charge is 2.24. The molecular weight excluding hydrogens is 378 g/mol. The Labute approximate surface area is 167 Å². The first-order chi connectivity index (χ1) is 13.6. The number of rotatable bonds is 4. The number of aromatic amines is 1. The molecule has 1 aliphatic heterocycles. The number of piperazine rings is 1. The number of halogens is 1. The van der Waals surface area contributed by atoms with E-state index in [0.717, 1.165) is 10.9 Å². The topological polar surface area (TPSA) is 65.6 Å². The molecule has 1 saturated heterocycles. The van der Waals surface area contributed by atoms with E-state index in [1.54, 1.807) is 35.2 Å². The lowest BCUT2D eigenvalue weighted by Gasteiger charge is -2.34. The van der Waals surface area contributed by atoms with Gasteiger partial charge in [0.15, 0.2) is 0 Å². The van der Waals surface area contributed by atoms with Crippen molar-refractivity contribution in [1.82, 2.24) is 14.8 Å². The highest BCUT2D eigenvalue weighted by molar-refractivity contribution is 6.30. The van der Waals surface area contributed by atoms with E-state index in [1.807, 2.05) is 29.3 Å². The van der Waals surface area contributed by atoms with E-state index in [-0.39, 0.29) is 18.4 Å². The molecule has 1 aliphatic rings. The molecule has 1 N–H and O–H groups in total. The first kappa shape index (κ1) is 18.5. The predicted molar refractivity (Wildman–Crippen MR) is 108 cm³/mol. The molecule has 0 spiro atoms. The summed E-state index contributed by atoms with van der Waals surface area (Å²) in [7, 11) is 0. The first-order valence-electron chi connectivity index (χ1n) is 9.13. The molecule has 144 valence electrons. The number of aromatic nitrogens is 1. The van der Waals surface area contributed by atoms with Gasteiger partial charge >= 0.3 is 5.97 Å².